The zero-order valence-electron chi connectivity index (χ0n) is 9.23. The molecule has 17 heavy (non-hydrogen) atoms. The number of amides is 1. The van der Waals surface area contributed by atoms with Gasteiger partial charge in [-0.25, -0.2) is 9.37 Å². The second-order valence-corrected chi connectivity index (χ2v) is 3.28. The summed E-state index contributed by atoms with van der Waals surface area (Å²) in [7, 11) is 5.51. The Morgan fingerprint density at radius 2 is 2.47 bits per heavy atom. The van der Waals surface area contributed by atoms with E-state index in [2.05, 4.69) is 16.9 Å². The number of hydrogen-bond acceptors (Lipinski definition) is 3. The summed E-state index contributed by atoms with van der Waals surface area (Å²) in [6.45, 7) is 3.31. The summed E-state index contributed by atoms with van der Waals surface area (Å²) in [5.74, 6) is -0.604. The van der Waals surface area contributed by atoms with Gasteiger partial charge in [0.1, 0.15) is 26.1 Å². The van der Waals surface area contributed by atoms with Crippen LogP contribution >= 0.6 is 0 Å². The maximum atomic E-state index is 12.5. The monoisotopic (exact) mass is 234 g/mol. The minimum atomic E-state index is -0.556. The van der Waals surface area contributed by atoms with Gasteiger partial charge in [0.05, 0.1) is 6.20 Å². The van der Waals surface area contributed by atoms with Crippen molar-refractivity contribution < 1.29 is 13.9 Å². The maximum absolute atomic E-state index is 12.5. The number of pyridine rings is 1. The van der Waals surface area contributed by atoms with Gasteiger partial charge in [0, 0.05) is 6.00 Å². The maximum Gasteiger partial charge on any atom is 0.251 e. The lowest BCUT2D eigenvalue weighted by Gasteiger charge is -2.10. The lowest BCUT2D eigenvalue weighted by molar-refractivity contribution is -0.121. The quantitative estimate of drug-likeness (QED) is 0.595. The molecule has 0 aliphatic heterocycles. The van der Waals surface area contributed by atoms with E-state index in [4.69, 9.17) is 12.6 Å². The molecule has 0 aliphatic carbocycles. The molecule has 1 heterocycles. The highest BCUT2D eigenvalue weighted by Gasteiger charge is 2.06. The molecular weight excluding hydrogens is 222 g/mol. The summed E-state index contributed by atoms with van der Waals surface area (Å²) < 4.78 is 17.6. The van der Waals surface area contributed by atoms with Crippen LogP contribution in [-0.4, -0.2) is 31.3 Å². The van der Waals surface area contributed by atoms with Gasteiger partial charge in [0.25, 0.3) is 5.91 Å². The molecule has 6 heteroatoms. The van der Waals surface area contributed by atoms with Crippen LogP contribution in [0.1, 0.15) is 6.42 Å². The number of anilines is 1. The van der Waals surface area contributed by atoms with Crippen LogP contribution in [0.15, 0.2) is 31.0 Å². The first-order valence-corrected chi connectivity index (χ1v) is 5.01. The zero-order valence-corrected chi connectivity index (χ0v) is 9.23. The molecule has 88 valence electrons. The number of nitrogens with zero attached hydrogens (tertiary/aromatic N) is 1. The Balaban J connectivity index is 2.34. The van der Waals surface area contributed by atoms with Crippen molar-refractivity contribution in [1.82, 2.24) is 4.98 Å². The highest BCUT2D eigenvalue weighted by atomic mass is 19.1. The van der Waals surface area contributed by atoms with Crippen molar-refractivity contribution in [2.45, 2.75) is 12.4 Å². The molecule has 0 saturated carbocycles. The van der Waals surface area contributed by atoms with Crippen LogP contribution in [0.25, 0.3) is 0 Å². The molecule has 1 aromatic rings. The lowest BCUT2D eigenvalue weighted by atomic mass is 9.97. The number of aromatic nitrogens is 1. The first-order chi connectivity index (χ1) is 8.11. The number of rotatable bonds is 6. The highest BCUT2D eigenvalue weighted by Crippen LogP contribution is 2.03. The Bertz CT molecular complexity index is 384. The minimum absolute atomic E-state index is 0.186. The van der Waals surface area contributed by atoms with Crippen molar-refractivity contribution in [2.24, 2.45) is 0 Å². The average molecular weight is 234 g/mol. The summed E-state index contributed by atoms with van der Waals surface area (Å²) in [5, 5.41) is 2.44. The summed E-state index contributed by atoms with van der Waals surface area (Å²) in [6, 6.07) is 2.00. The predicted molar refractivity (Wildman–Crippen MR) is 63.1 cm³/mol. The number of halogens is 1. The molecule has 0 aromatic carbocycles. The van der Waals surface area contributed by atoms with E-state index in [-0.39, 0.29) is 12.4 Å². The Labute approximate surface area is 100 Å². The standard InChI is InChI=1S/C11H12BFN2O2/c1-2-3-9(12)17-7-11(16)15-10-5-4-8(13)6-14-10/h2,4-6,9H,1,3,7H2,(H,14,15,16). The van der Waals surface area contributed by atoms with Gasteiger partial charge in [-0.2, -0.15) is 0 Å². The molecule has 0 aliphatic rings. The van der Waals surface area contributed by atoms with Gasteiger partial charge < -0.3 is 10.1 Å². The first-order valence-electron chi connectivity index (χ1n) is 5.01. The Hall–Kier alpha value is -1.69. The molecule has 1 unspecified atom stereocenters. The Kier molecular flexibility index (Phi) is 5.35. The lowest BCUT2D eigenvalue weighted by Crippen LogP contribution is -2.23. The molecule has 1 aromatic heterocycles. The second-order valence-electron chi connectivity index (χ2n) is 3.28. The largest absolute Gasteiger partial charge is 0.378 e. The number of nitrogens with one attached hydrogen (secondary N) is 1. The smallest absolute Gasteiger partial charge is 0.251 e. The number of hydrogen-bond donors (Lipinski definition) is 1. The van der Waals surface area contributed by atoms with Gasteiger partial charge in [0.2, 0.25) is 0 Å². The summed E-state index contributed by atoms with van der Waals surface area (Å²) >= 11 is 0. The third-order valence-corrected chi connectivity index (χ3v) is 1.82. The van der Waals surface area contributed by atoms with Crippen molar-refractivity contribution in [2.75, 3.05) is 11.9 Å². The SMILES string of the molecule is [B]C(CC=C)OCC(=O)Nc1ccc(F)cn1. The summed E-state index contributed by atoms with van der Waals surface area (Å²) in [4.78, 5) is 15.0. The van der Waals surface area contributed by atoms with Crippen LogP contribution in [0.5, 0.6) is 0 Å². The van der Waals surface area contributed by atoms with Gasteiger partial charge in [-0.1, -0.05) is 6.08 Å². The topological polar surface area (TPSA) is 51.2 Å². The van der Waals surface area contributed by atoms with E-state index in [1.807, 2.05) is 0 Å². The number of carbonyl (C=O) groups is 1. The third-order valence-electron chi connectivity index (χ3n) is 1.82. The van der Waals surface area contributed by atoms with Crippen molar-refractivity contribution in [3.63, 3.8) is 0 Å². The van der Waals surface area contributed by atoms with Gasteiger partial charge in [-0.3, -0.25) is 4.79 Å². The zero-order chi connectivity index (χ0) is 12.7. The van der Waals surface area contributed by atoms with Crippen LogP contribution in [-0.2, 0) is 9.53 Å². The minimum Gasteiger partial charge on any atom is -0.378 e. The van der Waals surface area contributed by atoms with Crippen molar-refractivity contribution in [1.29, 1.82) is 0 Å². The molecule has 0 spiro atoms. The fraction of sp³-hybridized carbons (Fsp3) is 0.273. The van der Waals surface area contributed by atoms with Crippen molar-refractivity contribution >= 4 is 19.6 Å². The van der Waals surface area contributed by atoms with E-state index >= 15 is 0 Å². The summed E-state index contributed by atoms with van der Waals surface area (Å²) in [5.41, 5.74) is 0. The van der Waals surface area contributed by atoms with Crippen LogP contribution in [0.3, 0.4) is 0 Å². The Morgan fingerprint density at radius 3 is 3.06 bits per heavy atom. The van der Waals surface area contributed by atoms with Gasteiger partial charge in [-0.15, -0.1) is 6.58 Å². The second kappa shape index (κ2) is 6.80. The van der Waals surface area contributed by atoms with Crippen LogP contribution in [0, 0.1) is 5.82 Å². The normalized spacial score (nSPS) is 11.8. The van der Waals surface area contributed by atoms with E-state index in [0.717, 1.165) is 6.20 Å². The molecule has 1 N–H and O–H groups in total. The van der Waals surface area contributed by atoms with Crippen LogP contribution in [0.4, 0.5) is 10.2 Å². The first kappa shape index (κ1) is 13.4. The molecule has 1 rings (SSSR count). The van der Waals surface area contributed by atoms with Crippen LogP contribution in [0.2, 0.25) is 0 Å². The Morgan fingerprint density at radius 1 is 1.71 bits per heavy atom. The fourth-order valence-electron chi connectivity index (χ4n) is 1.04. The van der Waals surface area contributed by atoms with E-state index in [1.54, 1.807) is 6.08 Å². The predicted octanol–water partition coefficient (Wildman–Crippen LogP) is 1.25. The van der Waals surface area contributed by atoms with Crippen molar-refractivity contribution in [3.8, 4) is 0 Å². The molecule has 4 nitrogen and oxygen atoms in total. The third kappa shape index (κ3) is 5.26. The van der Waals surface area contributed by atoms with Crippen LogP contribution < -0.4 is 5.32 Å². The molecule has 0 fully saturated rings. The fourth-order valence-corrected chi connectivity index (χ4v) is 1.04. The molecule has 1 amide bonds. The van der Waals surface area contributed by atoms with Gasteiger partial charge in [0.15, 0.2) is 0 Å². The van der Waals surface area contributed by atoms with E-state index < -0.39 is 17.7 Å². The van der Waals surface area contributed by atoms with E-state index in [0.29, 0.717) is 6.42 Å². The molecule has 0 bridgehead atoms. The van der Waals surface area contributed by atoms with Crippen molar-refractivity contribution in [3.05, 3.63) is 36.8 Å². The van der Waals surface area contributed by atoms with Gasteiger partial charge >= 0.3 is 0 Å². The molecule has 0 saturated heterocycles. The summed E-state index contributed by atoms with van der Waals surface area (Å²) in [6.07, 6.45) is 3.08. The molecule has 1 atom stereocenters. The molecular formula is C11H12BFN2O2. The van der Waals surface area contributed by atoms with E-state index in [1.165, 1.54) is 12.1 Å². The number of carbonyl (C=O) groups excluding carboxylic acids is 1. The van der Waals surface area contributed by atoms with Gasteiger partial charge in [-0.05, 0) is 18.6 Å². The number of ether oxygens (including phenoxy) is 1. The average Bonchev–Trinajstić information content (AvgIpc) is 2.30. The van der Waals surface area contributed by atoms with E-state index in [9.17, 15) is 9.18 Å². The highest BCUT2D eigenvalue weighted by molar-refractivity contribution is 6.11. The molecule has 2 radical (unpaired) electrons.